The van der Waals surface area contributed by atoms with Crippen LogP contribution in [0.15, 0.2) is 42.6 Å². The fourth-order valence-corrected chi connectivity index (χ4v) is 3.86. The molecule has 1 atom stereocenters. The molecule has 1 aromatic carbocycles. The van der Waals surface area contributed by atoms with Gasteiger partial charge in [-0.2, -0.15) is 4.31 Å². The van der Waals surface area contributed by atoms with Crippen molar-refractivity contribution in [2.75, 3.05) is 12.8 Å². The highest BCUT2D eigenvalue weighted by Crippen LogP contribution is 2.34. The number of sulfonamides is 1. The molecule has 0 radical (unpaired) electrons. The third-order valence-corrected chi connectivity index (χ3v) is 5.09. The molecule has 0 saturated heterocycles. The second-order valence-electron chi connectivity index (χ2n) is 5.25. The zero-order valence-electron chi connectivity index (χ0n) is 11.9. The molecule has 22 heavy (non-hydrogen) atoms. The van der Waals surface area contributed by atoms with E-state index < -0.39 is 21.0 Å². The molecule has 1 aliphatic rings. The van der Waals surface area contributed by atoms with E-state index in [2.05, 4.69) is 0 Å². The van der Waals surface area contributed by atoms with Crippen LogP contribution in [0, 0.1) is 10.1 Å². The monoisotopic (exact) mass is 321 g/mol. The van der Waals surface area contributed by atoms with E-state index in [1.54, 1.807) is 12.1 Å². The molecule has 1 aromatic heterocycles. The Bertz CT molecular complexity index is 811. The third kappa shape index (κ3) is 2.51. The summed E-state index contributed by atoms with van der Waals surface area (Å²) in [6, 6.07) is 9.32. The molecule has 0 bridgehead atoms. The molecule has 2 heterocycles. The SMILES string of the molecule is CS(=O)(=O)N1CCn2cccc2C1c1ccc([N+](=O)[O-])cc1. The first-order valence-corrected chi connectivity index (χ1v) is 8.59. The lowest BCUT2D eigenvalue weighted by Gasteiger charge is -2.35. The number of aromatic nitrogens is 1. The van der Waals surface area contributed by atoms with Gasteiger partial charge in [0, 0.05) is 37.1 Å². The summed E-state index contributed by atoms with van der Waals surface area (Å²) in [4.78, 5) is 10.3. The Morgan fingerprint density at radius 2 is 1.86 bits per heavy atom. The van der Waals surface area contributed by atoms with Crippen molar-refractivity contribution >= 4 is 15.7 Å². The van der Waals surface area contributed by atoms with Gasteiger partial charge in [0.05, 0.1) is 17.2 Å². The van der Waals surface area contributed by atoms with Crippen molar-refractivity contribution in [1.82, 2.24) is 8.87 Å². The minimum Gasteiger partial charge on any atom is -0.348 e. The van der Waals surface area contributed by atoms with Crippen molar-refractivity contribution < 1.29 is 13.3 Å². The number of rotatable bonds is 3. The van der Waals surface area contributed by atoms with Gasteiger partial charge < -0.3 is 4.57 Å². The molecule has 0 N–H and O–H groups in total. The highest BCUT2D eigenvalue weighted by molar-refractivity contribution is 7.88. The zero-order chi connectivity index (χ0) is 15.9. The average molecular weight is 321 g/mol. The summed E-state index contributed by atoms with van der Waals surface area (Å²) in [7, 11) is -3.38. The fourth-order valence-electron chi connectivity index (χ4n) is 2.83. The Hall–Kier alpha value is -2.19. The van der Waals surface area contributed by atoms with Crippen molar-refractivity contribution in [1.29, 1.82) is 0 Å². The maximum atomic E-state index is 12.1. The van der Waals surface area contributed by atoms with Crippen LogP contribution in [0.5, 0.6) is 0 Å². The van der Waals surface area contributed by atoms with Crippen LogP contribution >= 0.6 is 0 Å². The molecule has 116 valence electrons. The highest BCUT2D eigenvalue weighted by atomic mass is 32.2. The lowest BCUT2D eigenvalue weighted by molar-refractivity contribution is -0.384. The summed E-state index contributed by atoms with van der Waals surface area (Å²) in [5.41, 5.74) is 1.57. The Morgan fingerprint density at radius 3 is 2.45 bits per heavy atom. The standard InChI is InChI=1S/C14H15N3O4S/c1-22(20,21)16-10-9-15-8-2-3-13(15)14(16)11-4-6-12(7-5-11)17(18)19/h2-8,14H,9-10H2,1H3. The van der Waals surface area contributed by atoms with Gasteiger partial charge in [-0.05, 0) is 17.7 Å². The number of nitrogens with zero attached hydrogens (tertiary/aromatic N) is 3. The van der Waals surface area contributed by atoms with E-state index in [1.807, 2.05) is 22.9 Å². The quantitative estimate of drug-likeness (QED) is 0.637. The van der Waals surface area contributed by atoms with E-state index in [0.29, 0.717) is 13.1 Å². The molecule has 8 heteroatoms. The largest absolute Gasteiger partial charge is 0.348 e. The van der Waals surface area contributed by atoms with E-state index in [1.165, 1.54) is 22.7 Å². The van der Waals surface area contributed by atoms with Gasteiger partial charge in [-0.25, -0.2) is 8.42 Å². The molecule has 3 rings (SSSR count). The van der Waals surface area contributed by atoms with Crippen molar-refractivity contribution in [3.8, 4) is 0 Å². The third-order valence-electron chi connectivity index (χ3n) is 3.84. The molecular formula is C14H15N3O4S. The lowest BCUT2D eigenvalue weighted by Crippen LogP contribution is -2.41. The fraction of sp³-hybridized carbons (Fsp3) is 0.286. The minimum absolute atomic E-state index is 0.0131. The number of benzene rings is 1. The second kappa shape index (κ2) is 5.22. The summed E-state index contributed by atoms with van der Waals surface area (Å²) >= 11 is 0. The van der Waals surface area contributed by atoms with Crippen LogP contribution in [-0.4, -0.2) is 35.0 Å². The Balaban J connectivity index is 2.09. The van der Waals surface area contributed by atoms with E-state index in [4.69, 9.17) is 0 Å². The minimum atomic E-state index is -3.38. The predicted molar refractivity (Wildman–Crippen MR) is 80.9 cm³/mol. The molecule has 0 amide bonds. The molecule has 1 unspecified atom stereocenters. The van der Waals surface area contributed by atoms with Crippen molar-refractivity contribution in [3.05, 3.63) is 64.0 Å². The number of nitro groups is 1. The topological polar surface area (TPSA) is 85.5 Å². The summed E-state index contributed by atoms with van der Waals surface area (Å²) in [5, 5.41) is 10.8. The van der Waals surface area contributed by atoms with Crippen LogP contribution < -0.4 is 0 Å². The molecule has 2 aromatic rings. The Labute approximate surface area is 128 Å². The molecule has 0 fully saturated rings. The van der Waals surface area contributed by atoms with Crippen LogP contribution in [0.25, 0.3) is 0 Å². The predicted octanol–water partition coefficient (Wildman–Crippen LogP) is 1.76. The van der Waals surface area contributed by atoms with Crippen molar-refractivity contribution in [2.45, 2.75) is 12.6 Å². The smallest absolute Gasteiger partial charge is 0.269 e. The summed E-state index contributed by atoms with van der Waals surface area (Å²) < 4.78 is 27.6. The van der Waals surface area contributed by atoms with Gasteiger partial charge in [-0.1, -0.05) is 12.1 Å². The van der Waals surface area contributed by atoms with Crippen LogP contribution in [0.1, 0.15) is 17.3 Å². The van der Waals surface area contributed by atoms with Gasteiger partial charge in [0.15, 0.2) is 0 Å². The normalized spacial score (nSPS) is 18.9. The van der Waals surface area contributed by atoms with Gasteiger partial charge in [0.2, 0.25) is 10.0 Å². The number of hydrogen-bond acceptors (Lipinski definition) is 4. The highest BCUT2D eigenvalue weighted by Gasteiger charge is 2.34. The van der Waals surface area contributed by atoms with E-state index in [9.17, 15) is 18.5 Å². The van der Waals surface area contributed by atoms with Crippen LogP contribution in [0.2, 0.25) is 0 Å². The first kappa shape index (κ1) is 14.7. The molecular weight excluding hydrogens is 306 g/mol. The summed E-state index contributed by atoms with van der Waals surface area (Å²) in [5.74, 6) is 0. The molecule has 0 spiro atoms. The van der Waals surface area contributed by atoms with Gasteiger partial charge in [0.1, 0.15) is 0 Å². The maximum absolute atomic E-state index is 12.1. The van der Waals surface area contributed by atoms with Crippen molar-refractivity contribution in [2.24, 2.45) is 0 Å². The first-order chi connectivity index (χ1) is 10.4. The zero-order valence-corrected chi connectivity index (χ0v) is 12.7. The van der Waals surface area contributed by atoms with Crippen LogP contribution in [0.3, 0.4) is 0 Å². The number of hydrogen-bond donors (Lipinski definition) is 0. The lowest BCUT2D eigenvalue weighted by atomic mass is 10.0. The summed E-state index contributed by atoms with van der Waals surface area (Å²) in [6.07, 6.45) is 3.09. The number of nitro benzene ring substituents is 1. The average Bonchev–Trinajstić information content (AvgIpc) is 2.93. The van der Waals surface area contributed by atoms with Gasteiger partial charge >= 0.3 is 0 Å². The number of non-ortho nitro benzene ring substituents is 1. The molecule has 7 nitrogen and oxygen atoms in total. The van der Waals surface area contributed by atoms with Gasteiger partial charge in [-0.3, -0.25) is 10.1 Å². The van der Waals surface area contributed by atoms with E-state index in [0.717, 1.165) is 11.3 Å². The van der Waals surface area contributed by atoms with Crippen LogP contribution in [-0.2, 0) is 16.6 Å². The molecule has 0 saturated carbocycles. The van der Waals surface area contributed by atoms with Crippen LogP contribution in [0.4, 0.5) is 5.69 Å². The number of fused-ring (bicyclic) bond motifs is 1. The maximum Gasteiger partial charge on any atom is 0.269 e. The summed E-state index contributed by atoms with van der Waals surface area (Å²) in [6.45, 7) is 0.973. The molecule has 0 aliphatic carbocycles. The van der Waals surface area contributed by atoms with Gasteiger partial charge in [0.25, 0.3) is 5.69 Å². The van der Waals surface area contributed by atoms with E-state index >= 15 is 0 Å². The van der Waals surface area contributed by atoms with E-state index in [-0.39, 0.29) is 5.69 Å². The van der Waals surface area contributed by atoms with Gasteiger partial charge in [-0.15, -0.1) is 0 Å². The van der Waals surface area contributed by atoms with Crippen molar-refractivity contribution in [3.63, 3.8) is 0 Å². The molecule has 1 aliphatic heterocycles. The Morgan fingerprint density at radius 1 is 1.18 bits per heavy atom. The second-order valence-corrected chi connectivity index (χ2v) is 7.19. The Kier molecular flexibility index (Phi) is 3.50. The first-order valence-electron chi connectivity index (χ1n) is 6.74.